The summed E-state index contributed by atoms with van der Waals surface area (Å²) in [6.45, 7) is 1.32. The highest BCUT2D eigenvalue weighted by Gasteiger charge is 2.28. The number of fused-ring (bicyclic) bond motifs is 2. The Morgan fingerprint density at radius 1 is 1.14 bits per heavy atom. The van der Waals surface area contributed by atoms with Crippen LogP contribution < -0.4 is 16.0 Å². The van der Waals surface area contributed by atoms with Gasteiger partial charge in [0.2, 0.25) is 5.91 Å². The highest BCUT2D eigenvalue weighted by atomic mass is 35.5. The van der Waals surface area contributed by atoms with Gasteiger partial charge >= 0.3 is 6.03 Å². The van der Waals surface area contributed by atoms with Gasteiger partial charge in [-0.3, -0.25) is 9.78 Å². The summed E-state index contributed by atoms with van der Waals surface area (Å²) < 4.78 is 1.68. The van der Waals surface area contributed by atoms with E-state index in [1.165, 1.54) is 17.8 Å². The number of thiophene rings is 1. The molecule has 1 aliphatic carbocycles. The topological polar surface area (TPSA) is 128 Å². The number of H-pyrrole nitrogens is 1. The number of urea groups is 1. The summed E-state index contributed by atoms with van der Waals surface area (Å²) in [7, 11) is 2.16. The first-order chi connectivity index (χ1) is 21.5. The van der Waals surface area contributed by atoms with Gasteiger partial charge in [0, 0.05) is 69.4 Å². The molecule has 0 spiro atoms. The molecular formula is C32H35ClN8O2S. The van der Waals surface area contributed by atoms with Crippen molar-refractivity contribution in [1.82, 2.24) is 35.5 Å². The molecule has 1 aliphatic rings. The van der Waals surface area contributed by atoms with Gasteiger partial charge in [0.25, 0.3) is 0 Å². The molecule has 0 aliphatic heterocycles. The first-order valence-corrected chi connectivity index (χ1v) is 16.1. The fourth-order valence-corrected chi connectivity index (χ4v) is 7.48. The molecule has 0 bridgehead atoms. The zero-order valence-corrected chi connectivity index (χ0v) is 26.0. The van der Waals surface area contributed by atoms with Gasteiger partial charge in [-0.05, 0) is 69.6 Å². The van der Waals surface area contributed by atoms with E-state index in [9.17, 15) is 9.59 Å². The van der Waals surface area contributed by atoms with Crippen LogP contribution in [0.4, 0.5) is 10.5 Å². The number of rotatable bonds is 10. The van der Waals surface area contributed by atoms with Crippen molar-refractivity contribution >= 4 is 61.7 Å². The average molecular weight is 631 g/mol. The summed E-state index contributed by atoms with van der Waals surface area (Å²) >= 11 is 8.02. The monoisotopic (exact) mass is 630 g/mol. The molecule has 5 aromatic rings. The van der Waals surface area contributed by atoms with E-state index < -0.39 is 6.03 Å². The second-order valence-electron chi connectivity index (χ2n) is 11.2. The molecule has 1 saturated carbocycles. The summed E-state index contributed by atoms with van der Waals surface area (Å²) in [6.07, 6.45) is 12.4. The van der Waals surface area contributed by atoms with Crippen LogP contribution in [0.25, 0.3) is 32.2 Å². The summed E-state index contributed by atoms with van der Waals surface area (Å²) in [6, 6.07) is 11.5. The van der Waals surface area contributed by atoms with Crippen LogP contribution in [0.2, 0.25) is 4.34 Å². The Morgan fingerprint density at radius 3 is 2.91 bits per heavy atom. The quantitative estimate of drug-likeness (QED) is 0.137. The van der Waals surface area contributed by atoms with E-state index in [1.54, 1.807) is 18.7 Å². The largest absolute Gasteiger partial charge is 0.355 e. The van der Waals surface area contributed by atoms with Crippen LogP contribution >= 0.6 is 22.9 Å². The molecule has 44 heavy (non-hydrogen) atoms. The van der Waals surface area contributed by atoms with Crippen molar-refractivity contribution in [2.45, 2.75) is 44.1 Å². The maximum atomic E-state index is 12.5. The van der Waals surface area contributed by atoms with Crippen molar-refractivity contribution < 1.29 is 9.59 Å². The van der Waals surface area contributed by atoms with Crippen LogP contribution in [0.5, 0.6) is 0 Å². The fraction of sp³-hybridized carbons (Fsp3) is 0.344. The van der Waals surface area contributed by atoms with E-state index in [-0.39, 0.29) is 12.5 Å². The third kappa shape index (κ3) is 6.85. The van der Waals surface area contributed by atoms with Crippen molar-refractivity contribution in [3.63, 3.8) is 0 Å². The molecule has 0 saturated heterocycles. The number of nitrogens with one attached hydrogen (secondary N) is 4. The highest BCUT2D eigenvalue weighted by Crippen LogP contribution is 2.42. The number of carbonyl (C=O) groups excluding carboxylic acids is 2. The maximum Gasteiger partial charge on any atom is 0.319 e. The van der Waals surface area contributed by atoms with Crippen molar-refractivity contribution in [3.05, 3.63) is 71.3 Å². The average Bonchev–Trinajstić information content (AvgIpc) is 3.66. The van der Waals surface area contributed by atoms with E-state index in [2.05, 4.69) is 53.9 Å². The minimum Gasteiger partial charge on any atom is -0.355 e. The summed E-state index contributed by atoms with van der Waals surface area (Å²) in [5, 5.41) is 10.4. The van der Waals surface area contributed by atoms with Crippen LogP contribution in [-0.4, -0.2) is 69.5 Å². The Balaban J connectivity index is 0.929. The lowest BCUT2D eigenvalue weighted by molar-refractivity contribution is -0.120. The zero-order chi connectivity index (χ0) is 30.5. The molecule has 1 aromatic carbocycles. The smallest absolute Gasteiger partial charge is 0.319 e. The van der Waals surface area contributed by atoms with Crippen LogP contribution in [0.1, 0.15) is 43.7 Å². The van der Waals surface area contributed by atoms with Crippen molar-refractivity contribution in [3.8, 4) is 11.1 Å². The van der Waals surface area contributed by atoms with E-state index in [4.69, 9.17) is 11.6 Å². The minimum atomic E-state index is -0.448. The number of aromatic nitrogens is 4. The summed E-state index contributed by atoms with van der Waals surface area (Å²) in [5.74, 6) is 0.196. The van der Waals surface area contributed by atoms with Crippen molar-refractivity contribution in [2.75, 3.05) is 32.0 Å². The van der Waals surface area contributed by atoms with Crippen LogP contribution in [0.3, 0.4) is 0 Å². The number of pyridine rings is 1. The van der Waals surface area contributed by atoms with Gasteiger partial charge in [-0.2, -0.15) is 0 Å². The SMILES string of the molecule is CN(CCCNC(=O)CNC(=O)Nc1ccc2sc(Cl)c(-c3cccnc3)c2c1)[C@@H]1CCCC(c2ncnc3[nH]ccc23)C1. The molecule has 4 aromatic heterocycles. The van der Waals surface area contributed by atoms with Gasteiger partial charge in [0.15, 0.2) is 0 Å². The Morgan fingerprint density at radius 2 is 2.05 bits per heavy atom. The number of amides is 3. The Bertz CT molecular complexity index is 1760. The lowest BCUT2D eigenvalue weighted by Gasteiger charge is -2.35. The number of benzene rings is 1. The predicted octanol–water partition coefficient (Wildman–Crippen LogP) is 6.17. The molecule has 3 amide bonds. The van der Waals surface area contributed by atoms with Crippen molar-refractivity contribution in [2.24, 2.45) is 0 Å². The van der Waals surface area contributed by atoms with Gasteiger partial charge in [-0.15, -0.1) is 11.3 Å². The standard InChI is InChI=1S/C32H35ClN8O2S/c1-41(23-7-2-5-20(15-23)29-24-10-13-36-31(24)39-19-38-29)14-4-12-35-27(42)18-37-32(43)40-22-8-9-26-25(16-22)28(30(33)44-26)21-6-3-11-34-17-21/h3,6,8-11,13,16-17,19-20,23H,2,4-5,7,12,14-15,18H2,1H3,(H,35,42)(H,36,38,39)(H2,37,40,43)/t20?,23-/m1/s1. The number of anilines is 1. The molecule has 4 heterocycles. The van der Waals surface area contributed by atoms with Gasteiger partial charge in [0.05, 0.1) is 12.2 Å². The number of hydrogen-bond acceptors (Lipinski definition) is 7. The number of halogens is 1. The second-order valence-corrected chi connectivity index (χ2v) is 12.9. The van der Waals surface area contributed by atoms with E-state index >= 15 is 0 Å². The first kappa shape index (κ1) is 30.0. The number of aromatic amines is 1. The van der Waals surface area contributed by atoms with Gasteiger partial charge in [0.1, 0.15) is 16.3 Å². The lowest BCUT2D eigenvalue weighted by atomic mass is 9.82. The molecule has 4 N–H and O–H groups in total. The van der Waals surface area contributed by atoms with Gasteiger partial charge < -0.3 is 25.8 Å². The van der Waals surface area contributed by atoms with Crippen LogP contribution in [0, 0.1) is 0 Å². The van der Waals surface area contributed by atoms with Gasteiger partial charge in [-0.1, -0.05) is 24.1 Å². The van der Waals surface area contributed by atoms with Gasteiger partial charge in [-0.25, -0.2) is 14.8 Å². The van der Waals surface area contributed by atoms with E-state index in [0.29, 0.717) is 28.5 Å². The number of carbonyl (C=O) groups is 2. The molecule has 10 nitrogen and oxygen atoms in total. The van der Waals surface area contributed by atoms with Crippen LogP contribution in [0.15, 0.2) is 61.3 Å². The number of hydrogen-bond donors (Lipinski definition) is 4. The highest BCUT2D eigenvalue weighted by molar-refractivity contribution is 7.23. The molecular weight excluding hydrogens is 596 g/mol. The Hall–Kier alpha value is -4.06. The summed E-state index contributed by atoms with van der Waals surface area (Å²) in [4.78, 5) is 43.7. The minimum absolute atomic E-state index is 0.105. The molecule has 1 unspecified atom stereocenters. The third-order valence-corrected chi connectivity index (χ3v) is 9.69. The number of nitrogens with zero attached hydrogens (tertiary/aromatic N) is 4. The normalized spacial score (nSPS) is 16.8. The van der Waals surface area contributed by atoms with Crippen LogP contribution in [-0.2, 0) is 4.79 Å². The molecule has 6 rings (SSSR count). The lowest BCUT2D eigenvalue weighted by Crippen LogP contribution is -2.40. The summed E-state index contributed by atoms with van der Waals surface area (Å²) in [5.41, 5.74) is 4.45. The molecule has 12 heteroatoms. The predicted molar refractivity (Wildman–Crippen MR) is 176 cm³/mol. The molecule has 0 radical (unpaired) electrons. The second kappa shape index (κ2) is 13.7. The Kier molecular flexibility index (Phi) is 9.34. The fourth-order valence-electron chi connectivity index (χ4n) is 6.09. The first-order valence-electron chi connectivity index (χ1n) is 14.9. The van der Waals surface area contributed by atoms with Crippen molar-refractivity contribution in [1.29, 1.82) is 0 Å². The zero-order valence-electron chi connectivity index (χ0n) is 24.5. The Labute approximate surface area is 264 Å². The van der Waals surface area contributed by atoms with E-state index in [0.717, 1.165) is 70.2 Å². The van der Waals surface area contributed by atoms with E-state index in [1.807, 2.05) is 36.5 Å². The maximum absolute atomic E-state index is 12.5. The molecule has 1 fully saturated rings. The molecule has 228 valence electrons. The third-order valence-electron chi connectivity index (χ3n) is 8.31. The molecule has 2 atom stereocenters.